The standard InChI is InChI=1S/C6H2BrClN2S/c7-5-3(8)1-2-4-6(5)9-10-11-4/h1-2H. The molecule has 11 heavy (non-hydrogen) atoms. The molecule has 5 heteroatoms. The summed E-state index contributed by atoms with van der Waals surface area (Å²) in [4.78, 5) is 0. The largest absolute Gasteiger partial charge is 0.137 e. The highest BCUT2D eigenvalue weighted by atomic mass is 79.9. The van der Waals surface area contributed by atoms with E-state index in [1.54, 1.807) is 0 Å². The third-order valence-corrected chi connectivity index (χ3v) is 3.35. The van der Waals surface area contributed by atoms with E-state index in [4.69, 9.17) is 11.6 Å². The van der Waals surface area contributed by atoms with Gasteiger partial charge in [-0.1, -0.05) is 16.1 Å². The maximum absolute atomic E-state index is 5.83. The number of hydrogen-bond donors (Lipinski definition) is 0. The molecule has 0 aliphatic heterocycles. The second-order valence-electron chi connectivity index (χ2n) is 1.98. The van der Waals surface area contributed by atoms with Crippen molar-refractivity contribution < 1.29 is 0 Å². The molecular formula is C6H2BrClN2S. The smallest absolute Gasteiger partial charge is 0.121 e. The van der Waals surface area contributed by atoms with Crippen LogP contribution in [0.1, 0.15) is 0 Å². The van der Waals surface area contributed by atoms with Crippen LogP contribution in [0.3, 0.4) is 0 Å². The molecule has 0 radical (unpaired) electrons. The van der Waals surface area contributed by atoms with Crippen LogP contribution in [0.2, 0.25) is 5.02 Å². The molecule has 2 aromatic rings. The van der Waals surface area contributed by atoms with E-state index >= 15 is 0 Å². The molecule has 56 valence electrons. The second kappa shape index (κ2) is 2.69. The van der Waals surface area contributed by atoms with E-state index in [-0.39, 0.29) is 0 Å². The molecule has 2 nitrogen and oxygen atoms in total. The molecule has 0 unspecified atom stereocenters. The average Bonchev–Trinajstić information content (AvgIpc) is 2.45. The molecule has 0 fully saturated rings. The highest BCUT2D eigenvalue weighted by Crippen LogP contribution is 2.30. The highest BCUT2D eigenvalue weighted by Gasteiger charge is 2.05. The predicted molar refractivity (Wildman–Crippen MR) is 50.1 cm³/mol. The molecule has 0 aliphatic carbocycles. The van der Waals surface area contributed by atoms with Gasteiger partial charge in [-0.2, -0.15) is 0 Å². The Hall–Kier alpha value is -0.190. The Labute approximate surface area is 80.5 Å². The quantitative estimate of drug-likeness (QED) is 0.717. The third kappa shape index (κ3) is 1.15. The van der Waals surface area contributed by atoms with Gasteiger partial charge in [0.2, 0.25) is 0 Å². The molecule has 0 saturated heterocycles. The molecule has 0 saturated carbocycles. The molecule has 0 amide bonds. The number of hydrogen-bond acceptors (Lipinski definition) is 3. The Morgan fingerprint density at radius 2 is 2.27 bits per heavy atom. The van der Waals surface area contributed by atoms with Crippen molar-refractivity contribution in [1.82, 2.24) is 9.59 Å². The van der Waals surface area contributed by atoms with E-state index in [2.05, 4.69) is 25.5 Å². The lowest BCUT2D eigenvalue weighted by Crippen LogP contribution is -1.72. The topological polar surface area (TPSA) is 25.8 Å². The zero-order valence-electron chi connectivity index (χ0n) is 5.21. The lowest BCUT2D eigenvalue weighted by molar-refractivity contribution is 1.19. The molecule has 0 spiro atoms. The van der Waals surface area contributed by atoms with Gasteiger partial charge in [-0.3, -0.25) is 0 Å². The summed E-state index contributed by atoms with van der Waals surface area (Å²) < 4.78 is 5.67. The molecule has 2 rings (SSSR count). The van der Waals surface area contributed by atoms with Crippen LogP contribution in [0.25, 0.3) is 10.2 Å². The summed E-state index contributed by atoms with van der Waals surface area (Å²) in [6.07, 6.45) is 0. The maximum atomic E-state index is 5.83. The fourth-order valence-electron chi connectivity index (χ4n) is 0.794. The molecular weight excluding hydrogens is 248 g/mol. The van der Waals surface area contributed by atoms with Crippen LogP contribution in [0, 0.1) is 0 Å². The summed E-state index contributed by atoms with van der Waals surface area (Å²) in [5.41, 5.74) is 0.836. The van der Waals surface area contributed by atoms with Crippen LogP contribution >= 0.6 is 39.1 Å². The van der Waals surface area contributed by atoms with Crippen molar-refractivity contribution in [2.45, 2.75) is 0 Å². The Morgan fingerprint density at radius 3 is 3.09 bits per heavy atom. The Balaban J connectivity index is 2.93. The molecule has 1 aromatic carbocycles. The van der Waals surface area contributed by atoms with Crippen LogP contribution in [-0.4, -0.2) is 9.59 Å². The van der Waals surface area contributed by atoms with E-state index in [1.165, 1.54) is 11.5 Å². The average molecular weight is 250 g/mol. The zero-order chi connectivity index (χ0) is 7.84. The lowest BCUT2D eigenvalue weighted by Gasteiger charge is -1.92. The minimum atomic E-state index is 0.671. The van der Waals surface area contributed by atoms with Gasteiger partial charge in [-0.25, -0.2) is 0 Å². The third-order valence-electron chi connectivity index (χ3n) is 1.31. The Morgan fingerprint density at radius 1 is 1.45 bits per heavy atom. The summed E-state index contributed by atoms with van der Waals surface area (Å²) in [7, 11) is 0. The van der Waals surface area contributed by atoms with Crippen molar-refractivity contribution in [3.05, 3.63) is 21.6 Å². The van der Waals surface area contributed by atoms with Gasteiger partial charge in [0.25, 0.3) is 0 Å². The first-order chi connectivity index (χ1) is 5.29. The van der Waals surface area contributed by atoms with Gasteiger partial charge in [-0.05, 0) is 39.6 Å². The minimum absolute atomic E-state index is 0.671. The van der Waals surface area contributed by atoms with Gasteiger partial charge >= 0.3 is 0 Å². The maximum Gasteiger partial charge on any atom is 0.121 e. The number of aromatic nitrogens is 2. The highest BCUT2D eigenvalue weighted by molar-refractivity contribution is 9.10. The fraction of sp³-hybridized carbons (Fsp3) is 0. The Kier molecular flexibility index (Phi) is 1.83. The summed E-state index contributed by atoms with van der Waals surface area (Å²) in [6.45, 7) is 0. The number of rotatable bonds is 0. The van der Waals surface area contributed by atoms with Crippen molar-refractivity contribution in [2.24, 2.45) is 0 Å². The molecule has 1 heterocycles. The van der Waals surface area contributed by atoms with Gasteiger partial charge in [0.05, 0.1) is 14.2 Å². The van der Waals surface area contributed by atoms with E-state index in [1.807, 2.05) is 12.1 Å². The fourth-order valence-corrected chi connectivity index (χ4v) is 2.07. The van der Waals surface area contributed by atoms with Crippen molar-refractivity contribution in [1.29, 1.82) is 0 Å². The number of nitrogens with zero attached hydrogens (tertiary/aromatic N) is 2. The van der Waals surface area contributed by atoms with Gasteiger partial charge < -0.3 is 0 Å². The summed E-state index contributed by atoms with van der Waals surface area (Å²) in [6, 6.07) is 3.74. The summed E-state index contributed by atoms with van der Waals surface area (Å²) in [5.74, 6) is 0. The molecule has 0 aliphatic rings. The number of halogens is 2. The van der Waals surface area contributed by atoms with Crippen molar-refractivity contribution in [2.75, 3.05) is 0 Å². The van der Waals surface area contributed by atoms with Crippen LogP contribution in [-0.2, 0) is 0 Å². The zero-order valence-corrected chi connectivity index (χ0v) is 8.37. The van der Waals surface area contributed by atoms with Gasteiger partial charge in [0.15, 0.2) is 0 Å². The lowest BCUT2D eigenvalue weighted by atomic mass is 10.3. The van der Waals surface area contributed by atoms with Gasteiger partial charge in [-0.15, -0.1) is 5.10 Å². The van der Waals surface area contributed by atoms with Crippen LogP contribution < -0.4 is 0 Å². The van der Waals surface area contributed by atoms with E-state index in [9.17, 15) is 0 Å². The first-order valence-electron chi connectivity index (χ1n) is 2.85. The predicted octanol–water partition coefficient (Wildman–Crippen LogP) is 3.11. The molecule has 0 N–H and O–H groups in total. The van der Waals surface area contributed by atoms with E-state index in [0.29, 0.717) is 5.02 Å². The van der Waals surface area contributed by atoms with E-state index < -0.39 is 0 Å². The SMILES string of the molecule is Clc1ccc2snnc2c1Br. The molecule has 0 bridgehead atoms. The van der Waals surface area contributed by atoms with E-state index in [0.717, 1.165) is 14.7 Å². The minimum Gasteiger partial charge on any atom is -0.137 e. The number of benzene rings is 1. The van der Waals surface area contributed by atoms with Crippen LogP contribution in [0.15, 0.2) is 16.6 Å². The normalized spacial score (nSPS) is 10.7. The second-order valence-corrected chi connectivity index (χ2v) is 3.97. The molecule has 1 aromatic heterocycles. The summed E-state index contributed by atoms with van der Waals surface area (Å²) >= 11 is 10.5. The van der Waals surface area contributed by atoms with Crippen LogP contribution in [0.5, 0.6) is 0 Å². The molecule has 0 atom stereocenters. The number of fused-ring (bicyclic) bond motifs is 1. The van der Waals surface area contributed by atoms with Gasteiger partial charge in [0, 0.05) is 0 Å². The summed E-state index contributed by atoms with van der Waals surface area (Å²) in [5, 5.41) is 4.59. The van der Waals surface area contributed by atoms with Crippen molar-refractivity contribution in [3.8, 4) is 0 Å². The van der Waals surface area contributed by atoms with Crippen molar-refractivity contribution in [3.63, 3.8) is 0 Å². The monoisotopic (exact) mass is 248 g/mol. The Bertz CT molecular complexity index is 400. The van der Waals surface area contributed by atoms with Crippen molar-refractivity contribution >= 4 is 49.3 Å². The first-order valence-corrected chi connectivity index (χ1v) is 4.79. The van der Waals surface area contributed by atoms with Gasteiger partial charge in [0.1, 0.15) is 5.52 Å². The first kappa shape index (κ1) is 7.46. The van der Waals surface area contributed by atoms with Crippen LogP contribution in [0.4, 0.5) is 0 Å².